The van der Waals surface area contributed by atoms with E-state index in [1.54, 1.807) is 14.2 Å². The maximum absolute atomic E-state index is 5.57. The van der Waals surface area contributed by atoms with Crippen LogP contribution in [0.25, 0.3) is 10.9 Å². The highest BCUT2D eigenvalue weighted by Gasteiger charge is 2.27. The van der Waals surface area contributed by atoms with Crippen molar-refractivity contribution >= 4 is 28.4 Å². The number of likely N-dealkylation sites (N-methyl/N-ethyl adjacent to an activating group) is 1. The molecule has 32 heavy (non-hydrogen) atoms. The normalized spacial score (nSPS) is 18.7. The molecule has 5 heterocycles. The van der Waals surface area contributed by atoms with Crippen LogP contribution >= 0.6 is 0 Å². The summed E-state index contributed by atoms with van der Waals surface area (Å²) in [5, 5.41) is 4.29. The third-order valence-corrected chi connectivity index (χ3v) is 6.25. The Kier molecular flexibility index (Phi) is 5.75. The van der Waals surface area contributed by atoms with E-state index in [2.05, 4.69) is 38.2 Å². The van der Waals surface area contributed by atoms with Gasteiger partial charge >= 0.3 is 0 Å². The molecule has 0 aliphatic carbocycles. The molecular formula is C23H29N7O2. The van der Waals surface area contributed by atoms with Crippen molar-refractivity contribution in [2.45, 2.75) is 31.8 Å². The predicted molar refractivity (Wildman–Crippen MR) is 124 cm³/mol. The van der Waals surface area contributed by atoms with Gasteiger partial charge in [-0.25, -0.2) is 19.9 Å². The maximum Gasteiger partial charge on any atom is 0.237 e. The number of rotatable bonds is 6. The molecule has 1 saturated heterocycles. The van der Waals surface area contributed by atoms with Crippen LogP contribution in [0.15, 0.2) is 24.5 Å². The number of aromatic nitrogens is 4. The number of pyridine rings is 2. The van der Waals surface area contributed by atoms with Crippen LogP contribution in [0, 0.1) is 0 Å². The molecular weight excluding hydrogens is 406 g/mol. The molecule has 1 fully saturated rings. The van der Waals surface area contributed by atoms with E-state index in [9.17, 15) is 0 Å². The van der Waals surface area contributed by atoms with Gasteiger partial charge in [0.25, 0.3) is 0 Å². The van der Waals surface area contributed by atoms with Crippen molar-refractivity contribution < 1.29 is 9.47 Å². The summed E-state index contributed by atoms with van der Waals surface area (Å²) in [4.78, 5) is 23.4. The maximum atomic E-state index is 5.57. The van der Waals surface area contributed by atoms with Gasteiger partial charge in [-0.05, 0) is 37.6 Å². The van der Waals surface area contributed by atoms with Crippen molar-refractivity contribution in [1.82, 2.24) is 24.8 Å². The first-order valence-corrected chi connectivity index (χ1v) is 11.1. The third-order valence-electron chi connectivity index (χ3n) is 6.25. The number of fused-ring (bicyclic) bond motifs is 2. The molecule has 0 aromatic carbocycles. The summed E-state index contributed by atoms with van der Waals surface area (Å²) in [5.41, 5.74) is 3.89. The van der Waals surface area contributed by atoms with Gasteiger partial charge in [0.2, 0.25) is 11.8 Å². The molecule has 1 N–H and O–H groups in total. The zero-order valence-electron chi connectivity index (χ0n) is 18.8. The Balaban J connectivity index is 1.50. The van der Waals surface area contributed by atoms with Crippen LogP contribution in [0.3, 0.4) is 0 Å². The summed E-state index contributed by atoms with van der Waals surface area (Å²) in [6, 6.07) is 4.36. The minimum Gasteiger partial charge on any atom is -0.480 e. The van der Waals surface area contributed by atoms with E-state index in [1.165, 1.54) is 5.56 Å². The van der Waals surface area contributed by atoms with Crippen molar-refractivity contribution in [2.24, 2.45) is 0 Å². The molecule has 0 unspecified atom stereocenters. The smallest absolute Gasteiger partial charge is 0.237 e. The Labute approximate surface area is 187 Å². The molecule has 0 amide bonds. The van der Waals surface area contributed by atoms with Crippen LogP contribution in [0.1, 0.15) is 24.1 Å². The van der Waals surface area contributed by atoms with Gasteiger partial charge in [-0.3, -0.25) is 0 Å². The van der Waals surface area contributed by atoms with E-state index in [4.69, 9.17) is 19.4 Å². The minimum absolute atomic E-state index is 0.311. The van der Waals surface area contributed by atoms with Crippen LogP contribution in [0.2, 0.25) is 0 Å². The molecule has 2 aliphatic heterocycles. The Hall–Kier alpha value is -3.04. The van der Waals surface area contributed by atoms with Crippen molar-refractivity contribution in [2.75, 3.05) is 51.2 Å². The second kappa shape index (κ2) is 8.84. The highest BCUT2D eigenvalue weighted by atomic mass is 16.5. The van der Waals surface area contributed by atoms with E-state index in [1.807, 2.05) is 18.5 Å². The average molecular weight is 436 g/mol. The Morgan fingerprint density at radius 3 is 2.94 bits per heavy atom. The quantitative estimate of drug-likeness (QED) is 0.628. The van der Waals surface area contributed by atoms with E-state index in [-0.39, 0.29) is 0 Å². The molecule has 3 aromatic heterocycles. The zero-order chi connectivity index (χ0) is 22.1. The van der Waals surface area contributed by atoms with E-state index >= 15 is 0 Å². The summed E-state index contributed by atoms with van der Waals surface area (Å²) in [5.74, 6) is 1.94. The summed E-state index contributed by atoms with van der Waals surface area (Å²) in [7, 11) is 5.51. The second-order valence-corrected chi connectivity index (χ2v) is 8.47. The SMILES string of the molecule is COC[C@@H]1CCCN1c1nccc2cnc(Nc3cc4c(nc3OC)CCN(C)C4)nc12. The molecule has 168 valence electrons. The number of ether oxygens (including phenoxy) is 2. The first-order valence-electron chi connectivity index (χ1n) is 11.1. The summed E-state index contributed by atoms with van der Waals surface area (Å²) in [6.45, 7) is 3.49. The molecule has 0 bridgehead atoms. The molecule has 9 heteroatoms. The van der Waals surface area contributed by atoms with Crippen molar-refractivity contribution in [1.29, 1.82) is 0 Å². The molecule has 1 atom stereocenters. The Morgan fingerprint density at radius 1 is 1.19 bits per heavy atom. The van der Waals surface area contributed by atoms with Gasteiger partial charge in [0.05, 0.1) is 25.5 Å². The second-order valence-electron chi connectivity index (χ2n) is 8.47. The zero-order valence-corrected chi connectivity index (χ0v) is 18.8. The van der Waals surface area contributed by atoms with Crippen molar-refractivity contribution in [3.8, 4) is 5.88 Å². The summed E-state index contributed by atoms with van der Waals surface area (Å²) < 4.78 is 11.0. The van der Waals surface area contributed by atoms with Crippen LogP contribution in [0.5, 0.6) is 5.88 Å². The number of nitrogens with one attached hydrogen (secondary N) is 1. The lowest BCUT2D eigenvalue weighted by Crippen LogP contribution is -2.33. The summed E-state index contributed by atoms with van der Waals surface area (Å²) >= 11 is 0. The van der Waals surface area contributed by atoms with Gasteiger partial charge in [0.1, 0.15) is 11.2 Å². The average Bonchev–Trinajstić information content (AvgIpc) is 3.26. The highest BCUT2D eigenvalue weighted by molar-refractivity contribution is 5.89. The van der Waals surface area contributed by atoms with Crippen LogP contribution < -0.4 is 15.0 Å². The highest BCUT2D eigenvalue weighted by Crippen LogP contribution is 2.32. The lowest BCUT2D eigenvalue weighted by Gasteiger charge is -2.26. The van der Waals surface area contributed by atoms with Gasteiger partial charge in [0.15, 0.2) is 5.82 Å². The number of nitrogens with zero attached hydrogens (tertiary/aromatic N) is 6. The number of methoxy groups -OCH3 is 2. The Bertz CT molecular complexity index is 1120. The van der Waals surface area contributed by atoms with Crippen molar-refractivity contribution in [3.63, 3.8) is 0 Å². The van der Waals surface area contributed by atoms with Gasteiger partial charge < -0.3 is 24.6 Å². The molecule has 5 rings (SSSR count). The van der Waals surface area contributed by atoms with Gasteiger partial charge in [0, 0.05) is 50.9 Å². The fourth-order valence-corrected chi connectivity index (χ4v) is 4.65. The molecule has 2 aliphatic rings. The molecule has 0 saturated carbocycles. The van der Waals surface area contributed by atoms with E-state index in [0.29, 0.717) is 24.5 Å². The predicted octanol–water partition coefficient (Wildman–Crippen LogP) is 2.78. The monoisotopic (exact) mass is 435 g/mol. The van der Waals surface area contributed by atoms with Gasteiger partial charge in [-0.2, -0.15) is 0 Å². The first-order chi connectivity index (χ1) is 15.7. The largest absolute Gasteiger partial charge is 0.480 e. The van der Waals surface area contributed by atoms with E-state index in [0.717, 1.165) is 67.0 Å². The lowest BCUT2D eigenvalue weighted by atomic mass is 10.1. The molecule has 0 spiro atoms. The van der Waals surface area contributed by atoms with Crippen molar-refractivity contribution in [3.05, 3.63) is 35.8 Å². The number of anilines is 3. The topological polar surface area (TPSA) is 88.5 Å². The standard InChI is InChI=1S/C23H29N7O2/c1-29-10-7-18-16(13-29)11-19(22(26-18)32-3)27-23-25-12-15-6-8-24-21(20(15)28-23)30-9-4-5-17(30)14-31-2/h6,8,11-12,17H,4-5,7,9-10,13-14H2,1-3H3,(H,25,27,28)/t17-/m0/s1. The fourth-order valence-electron chi connectivity index (χ4n) is 4.65. The van der Waals surface area contributed by atoms with E-state index < -0.39 is 0 Å². The fraction of sp³-hybridized carbons (Fsp3) is 0.478. The first kappa shape index (κ1) is 20.8. The van der Waals surface area contributed by atoms with Crippen LogP contribution in [-0.2, 0) is 17.7 Å². The number of hydrogen-bond donors (Lipinski definition) is 1. The third kappa shape index (κ3) is 3.93. The van der Waals surface area contributed by atoms with Crippen LogP contribution in [-0.4, -0.2) is 71.8 Å². The van der Waals surface area contributed by atoms with Crippen LogP contribution in [0.4, 0.5) is 17.5 Å². The molecule has 3 aromatic rings. The molecule has 0 radical (unpaired) electrons. The Morgan fingerprint density at radius 2 is 2.09 bits per heavy atom. The summed E-state index contributed by atoms with van der Waals surface area (Å²) in [6.07, 6.45) is 6.79. The van der Waals surface area contributed by atoms with Gasteiger partial charge in [-0.15, -0.1) is 0 Å². The van der Waals surface area contributed by atoms with Gasteiger partial charge in [-0.1, -0.05) is 0 Å². The lowest BCUT2D eigenvalue weighted by molar-refractivity contribution is 0.180. The minimum atomic E-state index is 0.311. The molecule has 9 nitrogen and oxygen atoms in total. The number of hydrogen-bond acceptors (Lipinski definition) is 9.